The Labute approximate surface area is 123 Å². The number of halogens is 1. The monoisotopic (exact) mass is 338 g/mol. The highest BCUT2D eigenvalue weighted by Crippen LogP contribution is 2.28. The average Bonchev–Trinajstić information content (AvgIpc) is 2.37. The van der Waals surface area contributed by atoms with Crippen LogP contribution in [0.15, 0.2) is 34.8 Å². The molecule has 0 aliphatic carbocycles. The summed E-state index contributed by atoms with van der Waals surface area (Å²) in [4.78, 5) is 14.0. The summed E-state index contributed by atoms with van der Waals surface area (Å²) in [6.07, 6.45) is 0. The molecule has 0 amide bonds. The number of aromatic nitrogens is 1. The van der Waals surface area contributed by atoms with Gasteiger partial charge in [0.25, 0.3) is 0 Å². The molecule has 0 saturated carbocycles. The van der Waals surface area contributed by atoms with Gasteiger partial charge in [-0.05, 0) is 18.2 Å². The van der Waals surface area contributed by atoms with E-state index in [1.54, 1.807) is 13.2 Å². The number of ether oxygens (including phenoxy) is 1. The van der Waals surface area contributed by atoms with Crippen molar-refractivity contribution >= 4 is 38.9 Å². The van der Waals surface area contributed by atoms with E-state index < -0.39 is 4.92 Å². The van der Waals surface area contributed by atoms with Gasteiger partial charge >= 0.3 is 5.69 Å². The van der Waals surface area contributed by atoms with Gasteiger partial charge in [-0.15, -0.1) is 0 Å². The van der Waals surface area contributed by atoms with Gasteiger partial charge in [-0.2, -0.15) is 0 Å². The van der Waals surface area contributed by atoms with Crippen LogP contribution in [-0.2, 0) is 0 Å². The summed E-state index contributed by atoms with van der Waals surface area (Å²) >= 11 is 3.36. The highest BCUT2D eigenvalue weighted by Gasteiger charge is 2.13. The Morgan fingerprint density at radius 1 is 1.40 bits per heavy atom. The van der Waals surface area contributed by atoms with Crippen molar-refractivity contribution in [1.82, 2.24) is 4.98 Å². The van der Waals surface area contributed by atoms with Crippen molar-refractivity contribution < 1.29 is 9.66 Å². The second kappa shape index (κ2) is 5.74. The third-order valence-corrected chi connectivity index (χ3v) is 2.94. The molecule has 1 heterocycles. The molecule has 3 N–H and O–H groups in total. The summed E-state index contributed by atoms with van der Waals surface area (Å²) in [7, 11) is 1.56. The summed E-state index contributed by atoms with van der Waals surface area (Å²) in [6, 6.07) is 8.19. The number of methoxy groups -OCH3 is 1. The summed E-state index contributed by atoms with van der Waals surface area (Å²) in [5.74, 6) is 0.937. The number of pyridine rings is 1. The van der Waals surface area contributed by atoms with E-state index in [0.29, 0.717) is 11.6 Å². The zero-order valence-electron chi connectivity index (χ0n) is 10.5. The second-order valence-electron chi connectivity index (χ2n) is 3.86. The molecule has 0 atom stereocenters. The standard InChI is InChI=1S/C12H11BrN4O3/c1-20-9-5-7(13)4-8(6-9)15-11-3-2-10(17(18)19)12(14)16-11/h2-6H,1H3,(H3,14,15,16). The van der Waals surface area contributed by atoms with E-state index in [2.05, 4.69) is 26.2 Å². The van der Waals surface area contributed by atoms with Crippen LogP contribution in [-0.4, -0.2) is 17.0 Å². The first kappa shape index (κ1) is 14.1. The van der Waals surface area contributed by atoms with Crippen molar-refractivity contribution in [1.29, 1.82) is 0 Å². The van der Waals surface area contributed by atoms with Gasteiger partial charge < -0.3 is 15.8 Å². The van der Waals surface area contributed by atoms with Crippen molar-refractivity contribution in [2.75, 3.05) is 18.2 Å². The number of nitrogen functional groups attached to an aromatic ring is 1. The molecule has 8 heteroatoms. The lowest BCUT2D eigenvalue weighted by Gasteiger charge is -2.09. The molecule has 0 spiro atoms. The minimum Gasteiger partial charge on any atom is -0.497 e. The Bertz CT molecular complexity index is 663. The molecular weight excluding hydrogens is 328 g/mol. The molecule has 0 saturated heterocycles. The van der Waals surface area contributed by atoms with Crippen LogP contribution in [0.4, 0.5) is 23.0 Å². The highest BCUT2D eigenvalue weighted by molar-refractivity contribution is 9.10. The lowest BCUT2D eigenvalue weighted by molar-refractivity contribution is -0.384. The molecule has 0 aliphatic rings. The number of nitrogens with zero attached hydrogens (tertiary/aromatic N) is 2. The van der Waals surface area contributed by atoms with Crippen molar-refractivity contribution in [3.63, 3.8) is 0 Å². The zero-order valence-corrected chi connectivity index (χ0v) is 12.0. The molecule has 0 fully saturated rings. The summed E-state index contributed by atoms with van der Waals surface area (Å²) in [6.45, 7) is 0. The number of rotatable bonds is 4. The number of hydrogen-bond donors (Lipinski definition) is 2. The molecule has 1 aromatic heterocycles. The number of nitrogens with two attached hydrogens (primary N) is 1. The van der Waals surface area contributed by atoms with Gasteiger partial charge in [-0.25, -0.2) is 4.98 Å². The molecule has 7 nitrogen and oxygen atoms in total. The second-order valence-corrected chi connectivity index (χ2v) is 4.78. The fraction of sp³-hybridized carbons (Fsp3) is 0.0833. The molecular formula is C12H11BrN4O3. The number of nitro groups is 1. The first-order chi connectivity index (χ1) is 9.49. The van der Waals surface area contributed by atoms with Gasteiger partial charge in [0.05, 0.1) is 12.0 Å². The van der Waals surface area contributed by atoms with Gasteiger partial charge in [0.2, 0.25) is 5.82 Å². The largest absolute Gasteiger partial charge is 0.497 e. The summed E-state index contributed by atoms with van der Waals surface area (Å²) in [5, 5.41) is 13.7. The predicted octanol–water partition coefficient (Wildman–Crippen LogP) is 3.09. The van der Waals surface area contributed by atoms with Crippen molar-refractivity contribution in [2.24, 2.45) is 0 Å². The van der Waals surface area contributed by atoms with Gasteiger partial charge in [-0.3, -0.25) is 10.1 Å². The van der Waals surface area contributed by atoms with Crippen molar-refractivity contribution in [2.45, 2.75) is 0 Å². The lowest BCUT2D eigenvalue weighted by Crippen LogP contribution is -2.01. The van der Waals surface area contributed by atoms with E-state index in [0.717, 1.165) is 10.2 Å². The number of benzene rings is 1. The topological polar surface area (TPSA) is 103 Å². The Morgan fingerprint density at radius 3 is 2.75 bits per heavy atom. The van der Waals surface area contributed by atoms with Crippen LogP contribution in [0.2, 0.25) is 0 Å². The third-order valence-electron chi connectivity index (χ3n) is 2.48. The van der Waals surface area contributed by atoms with Crippen LogP contribution < -0.4 is 15.8 Å². The van der Waals surface area contributed by atoms with Gasteiger partial charge in [0.1, 0.15) is 11.6 Å². The lowest BCUT2D eigenvalue weighted by atomic mass is 10.3. The Kier molecular flexibility index (Phi) is 4.04. The van der Waals surface area contributed by atoms with Crippen LogP contribution in [0.25, 0.3) is 0 Å². The molecule has 2 aromatic rings. The van der Waals surface area contributed by atoms with Crippen LogP contribution in [0, 0.1) is 10.1 Å². The molecule has 20 heavy (non-hydrogen) atoms. The van der Waals surface area contributed by atoms with Gasteiger partial charge in [0, 0.05) is 22.3 Å². The summed E-state index contributed by atoms with van der Waals surface area (Å²) in [5.41, 5.74) is 6.03. The smallest absolute Gasteiger partial charge is 0.311 e. The Balaban J connectivity index is 2.28. The van der Waals surface area contributed by atoms with Gasteiger partial charge in [-0.1, -0.05) is 15.9 Å². The maximum atomic E-state index is 10.7. The fourth-order valence-electron chi connectivity index (χ4n) is 1.59. The van der Waals surface area contributed by atoms with E-state index in [1.165, 1.54) is 12.1 Å². The normalized spacial score (nSPS) is 10.1. The number of nitrogens with one attached hydrogen (secondary N) is 1. The highest BCUT2D eigenvalue weighted by atomic mass is 79.9. The molecule has 0 aliphatic heterocycles. The minimum atomic E-state index is -0.575. The van der Waals surface area contributed by atoms with E-state index in [9.17, 15) is 10.1 Å². The maximum absolute atomic E-state index is 10.7. The first-order valence-electron chi connectivity index (χ1n) is 5.52. The van der Waals surface area contributed by atoms with E-state index >= 15 is 0 Å². The Morgan fingerprint density at radius 2 is 2.15 bits per heavy atom. The third kappa shape index (κ3) is 3.15. The molecule has 0 radical (unpaired) electrons. The molecule has 0 bridgehead atoms. The Hall–Kier alpha value is -2.35. The van der Waals surface area contributed by atoms with E-state index in [4.69, 9.17) is 10.5 Å². The minimum absolute atomic E-state index is 0.137. The average molecular weight is 339 g/mol. The molecule has 0 unspecified atom stereocenters. The van der Waals surface area contributed by atoms with Crippen molar-refractivity contribution in [3.8, 4) is 5.75 Å². The predicted molar refractivity (Wildman–Crippen MR) is 79.3 cm³/mol. The quantitative estimate of drug-likeness (QED) is 0.655. The van der Waals surface area contributed by atoms with Crippen LogP contribution in [0.1, 0.15) is 0 Å². The van der Waals surface area contributed by atoms with E-state index in [-0.39, 0.29) is 11.5 Å². The number of anilines is 3. The fourth-order valence-corrected chi connectivity index (χ4v) is 2.06. The molecule has 1 aromatic carbocycles. The summed E-state index contributed by atoms with van der Waals surface area (Å²) < 4.78 is 5.97. The molecule has 104 valence electrons. The van der Waals surface area contributed by atoms with Crippen LogP contribution >= 0.6 is 15.9 Å². The number of hydrogen-bond acceptors (Lipinski definition) is 6. The first-order valence-corrected chi connectivity index (χ1v) is 6.31. The van der Waals surface area contributed by atoms with Gasteiger partial charge in [0.15, 0.2) is 0 Å². The molecule has 2 rings (SSSR count). The van der Waals surface area contributed by atoms with Crippen LogP contribution in [0.3, 0.4) is 0 Å². The van der Waals surface area contributed by atoms with Crippen LogP contribution in [0.5, 0.6) is 5.75 Å². The zero-order chi connectivity index (χ0) is 14.7. The maximum Gasteiger partial charge on any atom is 0.311 e. The van der Waals surface area contributed by atoms with E-state index in [1.807, 2.05) is 12.1 Å². The van der Waals surface area contributed by atoms with Crippen molar-refractivity contribution in [3.05, 3.63) is 44.9 Å². The SMILES string of the molecule is COc1cc(Br)cc(Nc2ccc([N+](=O)[O-])c(N)n2)c1.